The molecule has 3 N–H and O–H groups in total. The van der Waals surface area contributed by atoms with Gasteiger partial charge < -0.3 is 48.7 Å². The second kappa shape index (κ2) is 16.1. The predicted molar refractivity (Wildman–Crippen MR) is 221 cm³/mol. The Kier molecular flexibility index (Phi) is 11.3. The van der Waals surface area contributed by atoms with Crippen LogP contribution in [0.5, 0.6) is 0 Å². The first kappa shape index (κ1) is 44.3. The van der Waals surface area contributed by atoms with E-state index in [0.29, 0.717) is 22.3 Å². The lowest BCUT2D eigenvalue weighted by molar-refractivity contribution is -0.366. The molecule has 4 fully saturated rings. The molecule has 15 nitrogen and oxygen atoms in total. The molecule has 63 heavy (non-hydrogen) atoms. The number of carbonyl (C=O) groups is 5. The van der Waals surface area contributed by atoms with E-state index in [2.05, 4.69) is 5.32 Å². The fraction of sp³-hybridized carbons (Fsp3) is 0.479. The van der Waals surface area contributed by atoms with Gasteiger partial charge in [0.1, 0.15) is 23.9 Å². The lowest BCUT2D eigenvalue weighted by Gasteiger charge is -2.66. The lowest BCUT2D eigenvalue weighted by Crippen LogP contribution is -2.81. The number of nitrogens with one attached hydrogen (secondary N) is 1. The van der Waals surface area contributed by atoms with Crippen LogP contribution in [0.2, 0.25) is 0 Å². The summed E-state index contributed by atoms with van der Waals surface area (Å²) < 4.78 is 45.2. The largest absolute Gasteiger partial charge is 0.456 e. The van der Waals surface area contributed by atoms with E-state index in [0.717, 1.165) is 6.92 Å². The Balaban J connectivity index is 1.31. The predicted octanol–water partition coefficient (Wildman–Crippen LogP) is 4.39. The summed E-state index contributed by atoms with van der Waals surface area (Å²) in [6.07, 6.45) is -8.86. The molecule has 2 aliphatic heterocycles. The molecule has 1 spiro atoms. The van der Waals surface area contributed by atoms with Crippen molar-refractivity contribution >= 4 is 29.6 Å². The minimum Gasteiger partial charge on any atom is -0.456 e. The number of Topliss-reactive ketones (excluding diaryl/α,β-unsaturated/α-hetero) is 1. The van der Waals surface area contributed by atoms with Gasteiger partial charge in [-0.25, -0.2) is 4.79 Å². The number of rotatable bonds is 10. The van der Waals surface area contributed by atoms with Crippen LogP contribution in [0, 0.1) is 16.7 Å². The van der Waals surface area contributed by atoms with Gasteiger partial charge in [0.15, 0.2) is 23.6 Å². The van der Waals surface area contributed by atoms with E-state index in [1.54, 1.807) is 119 Å². The number of hydrogen-bond donors (Lipinski definition) is 3. The Hall–Kier alpha value is -5.29. The number of aliphatic hydroxyl groups is 2. The number of ketones is 1. The molecular formula is C48H53NO14. The minimum absolute atomic E-state index is 0.101. The Bertz CT molecular complexity index is 2320. The van der Waals surface area contributed by atoms with Crippen LogP contribution in [0.1, 0.15) is 81.9 Å². The summed E-state index contributed by atoms with van der Waals surface area (Å²) in [7, 11) is 1.39. The maximum atomic E-state index is 15.7. The first-order valence-corrected chi connectivity index (χ1v) is 21.1. The van der Waals surface area contributed by atoms with Crippen molar-refractivity contribution in [2.75, 3.05) is 13.7 Å². The number of fused-ring (bicyclic) bond motifs is 5. The smallest absolute Gasteiger partial charge is 0.338 e. The molecule has 8 rings (SSSR count). The van der Waals surface area contributed by atoms with Gasteiger partial charge in [0.25, 0.3) is 5.91 Å². The number of aliphatic hydroxyl groups excluding tert-OH is 2. The minimum atomic E-state index is -2.00. The Morgan fingerprint density at radius 2 is 1.49 bits per heavy atom. The van der Waals surface area contributed by atoms with Crippen molar-refractivity contribution in [1.29, 1.82) is 0 Å². The van der Waals surface area contributed by atoms with Gasteiger partial charge in [-0.2, -0.15) is 0 Å². The first-order chi connectivity index (χ1) is 29.9. The summed E-state index contributed by atoms with van der Waals surface area (Å²) in [5.74, 6) is -7.11. The van der Waals surface area contributed by atoms with Gasteiger partial charge in [-0.1, -0.05) is 92.7 Å². The molecule has 0 radical (unpaired) electrons. The van der Waals surface area contributed by atoms with Crippen LogP contribution in [0.25, 0.3) is 0 Å². The van der Waals surface area contributed by atoms with E-state index < -0.39 is 106 Å². The number of benzene rings is 3. The summed E-state index contributed by atoms with van der Waals surface area (Å²) in [6, 6.07) is 24.3. The number of ether oxygens (including phenoxy) is 7. The number of hydrogen-bond acceptors (Lipinski definition) is 14. The molecule has 1 amide bonds. The molecule has 3 aliphatic carbocycles. The lowest BCUT2D eigenvalue weighted by atomic mass is 9.44. The highest BCUT2D eigenvalue weighted by Gasteiger charge is 2.81. The van der Waals surface area contributed by atoms with Gasteiger partial charge in [-0.05, 0) is 42.7 Å². The molecule has 2 heterocycles. The monoisotopic (exact) mass is 867 g/mol. The Labute approximate surface area is 365 Å². The first-order valence-electron chi connectivity index (χ1n) is 21.1. The van der Waals surface area contributed by atoms with Crippen LogP contribution < -0.4 is 5.32 Å². The van der Waals surface area contributed by atoms with Gasteiger partial charge in [0.05, 0.1) is 24.2 Å². The maximum Gasteiger partial charge on any atom is 0.338 e. The highest BCUT2D eigenvalue weighted by Crippen LogP contribution is 2.69. The molecule has 3 aromatic rings. The normalized spacial score (nSPS) is 34.9. The summed E-state index contributed by atoms with van der Waals surface area (Å²) in [5, 5.41) is 26.9. The van der Waals surface area contributed by atoms with Crippen LogP contribution in [-0.4, -0.2) is 101 Å². The van der Waals surface area contributed by atoms with Crippen molar-refractivity contribution in [2.24, 2.45) is 16.7 Å². The molecule has 0 unspecified atom stereocenters. The van der Waals surface area contributed by atoms with Crippen molar-refractivity contribution < 1.29 is 67.3 Å². The third kappa shape index (κ3) is 6.82. The number of carbonyl (C=O) groups excluding carboxylic acids is 5. The highest BCUT2D eigenvalue weighted by atomic mass is 16.9. The summed E-state index contributed by atoms with van der Waals surface area (Å²) >= 11 is 0. The molecule has 0 aromatic heterocycles. The summed E-state index contributed by atoms with van der Waals surface area (Å²) in [6.45, 7) is 9.03. The van der Waals surface area contributed by atoms with E-state index in [1.165, 1.54) is 14.0 Å². The molecular weight excluding hydrogens is 815 g/mol. The van der Waals surface area contributed by atoms with Crippen LogP contribution in [0.15, 0.2) is 102 Å². The van der Waals surface area contributed by atoms with Crippen LogP contribution in [0.4, 0.5) is 0 Å². The van der Waals surface area contributed by atoms with E-state index in [1.807, 2.05) is 0 Å². The van der Waals surface area contributed by atoms with Crippen LogP contribution in [-0.2, 0) is 58.3 Å². The second-order valence-corrected chi connectivity index (χ2v) is 17.9. The average Bonchev–Trinajstić information content (AvgIpc) is 3.60. The third-order valence-electron chi connectivity index (χ3n) is 14.2. The van der Waals surface area contributed by atoms with Gasteiger partial charge in [0, 0.05) is 56.3 Å². The summed E-state index contributed by atoms with van der Waals surface area (Å²) in [4.78, 5) is 70.0. The SMILES string of the molecule is CO[C@]1(c2ccccc2)O[C@H]2[C@@H]3[C@]4(OC(C)=O)CO[C@@H]4C[C@H](O)[C@@]3(C)C(=O)[C@H](OC(C)=O)C3=C(C)[C@@H](OC(=O)[C@H](O)[C@@H](NC(=O)c4ccccc4)c4ccccc4)C[C@]2(O1)C3(C)C. The molecule has 5 aliphatic rings. The number of esters is 3. The number of amides is 1. The topological polar surface area (TPSA) is 202 Å². The molecule has 2 saturated carbocycles. The highest BCUT2D eigenvalue weighted by molar-refractivity contribution is 5.96. The Morgan fingerprint density at radius 3 is 2.06 bits per heavy atom. The second-order valence-electron chi connectivity index (χ2n) is 17.9. The van der Waals surface area contributed by atoms with E-state index in [-0.39, 0.29) is 25.0 Å². The molecule has 2 bridgehead atoms. The molecule has 3 aromatic carbocycles. The quantitative estimate of drug-likeness (QED) is 0.147. The van der Waals surface area contributed by atoms with Crippen molar-refractivity contribution in [3.63, 3.8) is 0 Å². The standard InChI is InChI=1S/C48H53NO14/c1-26-32(60-43(56)37(53)36(29-17-11-8-12-18-29)49-42(55)30-19-13-9-14-20-30)24-47-41(62-48(57-7,63-47)31-21-15-10-16-22-31)39-45(6,33(52)23-34-46(39,25-58-34)61-28(3)51)40(54)38(59-27(2)50)35(26)44(47,4)5/h8-22,32-34,36-39,41,52-53H,23-25H2,1-7H3,(H,49,55)/t32-,33-,34+,36-,37+,38+,39-,41-,45+,46-,47+,48+/m0/s1. The molecule has 12 atom stereocenters. The molecule has 2 saturated heterocycles. The van der Waals surface area contributed by atoms with Crippen molar-refractivity contribution in [3.05, 3.63) is 119 Å². The maximum absolute atomic E-state index is 15.7. The molecule has 15 heteroatoms. The zero-order valence-electron chi connectivity index (χ0n) is 36.2. The number of methoxy groups -OCH3 is 1. The fourth-order valence-electron chi connectivity index (χ4n) is 11.0. The molecule has 334 valence electrons. The zero-order valence-corrected chi connectivity index (χ0v) is 36.2. The van der Waals surface area contributed by atoms with Gasteiger partial charge >= 0.3 is 23.9 Å². The van der Waals surface area contributed by atoms with E-state index in [4.69, 9.17) is 33.2 Å². The van der Waals surface area contributed by atoms with E-state index in [9.17, 15) is 29.4 Å². The average molecular weight is 868 g/mol. The van der Waals surface area contributed by atoms with Gasteiger partial charge in [-0.3, -0.25) is 19.2 Å². The Morgan fingerprint density at radius 1 is 0.873 bits per heavy atom. The fourth-order valence-corrected chi connectivity index (χ4v) is 11.0. The third-order valence-corrected chi connectivity index (χ3v) is 14.2. The summed E-state index contributed by atoms with van der Waals surface area (Å²) in [5.41, 5.74) is -4.83. The van der Waals surface area contributed by atoms with Gasteiger partial charge in [-0.15, -0.1) is 0 Å². The van der Waals surface area contributed by atoms with Crippen molar-refractivity contribution in [2.45, 2.75) is 114 Å². The zero-order chi connectivity index (χ0) is 45.3. The van der Waals surface area contributed by atoms with Crippen molar-refractivity contribution in [1.82, 2.24) is 5.32 Å². The van der Waals surface area contributed by atoms with Crippen LogP contribution >= 0.6 is 0 Å². The van der Waals surface area contributed by atoms with Crippen LogP contribution in [0.3, 0.4) is 0 Å². The van der Waals surface area contributed by atoms with Crippen molar-refractivity contribution in [3.8, 4) is 0 Å². The van der Waals surface area contributed by atoms with E-state index >= 15 is 4.79 Å². The van der Waals surface area contributed by atoms with Gasteiger partial charge in [0.2, 0.25) is 0 Å².